The van der Waals surface area contributed by atoms with Crippen molar-refractivity contribution in [3.63, 3.8) is 0 Å². The molecule has 6 nitrogen and oxygen atoms in total. The van der Waals surface area contributed by atoms with Gasteiger partial charge in [0.15, 0.2) is 0 Å². The number of unbranched alkanes of at least 4 members (excludes halogenated alkanes) is 1. The zero-order valence-electron chi connectivity index (χ0n) is 10.3. The fourth-order valence-electron chi connectivity index (χ4n) is 1.20. The van der Waals surface area contributed by atoms with Gasteiger partial charge in [0.05, 0.1) is 0 Å². The highest BCUT2D eigenvalue weighted by Gasteiger charge is 1.89. The Bertz CT molecular complexity index is 93.2. The van der Waals surface area contributed by atoms with Gasteiger partial charge in [-0.3, -0.25) is 0 Å². The predicted octanol–water partition coefficient (Wildman–Crippen LogP) is -1.02. The van der Waals surface area contributed by atoms with E-state index in [0.717, 1.165) is 52.1 Å². The summed E-state index contributed by atoms with van der Waals surface area (Å²) >= 11 is 0. The van der Waals surface area contributed by atoms with Crippen molar-refractivity contribution in [2.45, 2.75) is 25.7 Å². The summed E-state index contributed by atoms with van der Waals surface area (Å²) in [5.41, 5.74) is 10.8. The van der Waals surface area contributed by atoms with Gasteiger partial charge in [-0.1, -0.05) is 0 Å². The van der Waals surface area contributed by atoms with Crippen LogP contribution in [-0.2, 0) is 0 Å². The first-order chi connectivity index (χ1) is 7.91. The van der Waals surface area contributed by atoms with Crippen molar-refractivity contribution in [3.05, 3.63) is 0 Å². The SMILES string of the molecule is NCCCNCCCCNCCCN.NO. The van der Waals surface area contributed by atoms with E-state index < -0.39 is 0 Å². The second kappa shape index (κ2) is 20.2. The molecule has 6 heteroatoms. The number of hydrogen-bond donors (Lipinski definition) is 6. The average Bonchev–Trinajstić information content (AvgIpc) is 2.34. The third-order valence-corrected chi connectivity index (χ3v) is 2.07. The third kappa shape index (κ3) is 19.4. The maximum atomic E-state index is 6.50. The Morgan fingerprint density at radius 2 is 0.938 bits per heavy atom. The van der Waals surface area contributed by atoms with Crippen LogP contribution in [0.5, 0.6) is 0 Å². The molecule has 0 radical (unpaired) electrons. The van der Waals surface area contributed by atoms with E-state index >= 15 is 0 Å². The summed E-state index contributed by atoms with van der Waals surface area (Å²) in [6, 6.07) is 0. The van der Waals surface area contributed by atoms with E-state index in [9.17, 15) is 0 Å². The molecule has 0 fully saturated rings. The molecule has 0 spiro atoms. The lowest BCUT2D eigenvalue weighted by Gasteiger charge is -2.04. The second-order valence-corrected chi connectivity index (χ2v) is 3.49. The Morgan fingerprint density at radius 1 is 0.625 bits per heavy atom. The first-order valence-electron chi connectivity index (χ1n) is 5.99. The van der Waals surface area contributed by atoms with E-state index in [1.807, 2.05) is 0 Å². The minimum atomic E-state index is 0.785. The molecular formula is C10H29N5O. The first-order valence-corrected chi connectivity index (χ1v) is 5.99. The van der Waals surface area contributed by atoms with Crippen LogP contribution in [0, 0.1) is 0 Å². The van der Waals surface area contributed by atoms with E-state index in [1.54, 1.807) is 0 Å². The molecule has 0 rings (SSSR count). The summed E-state index contributed by atoms with van der Waals surface area (Å²) in [6.45, 7) is 5.90. The molecule has 0 aromatic carbocycles. The third-order valence-electron chi connectivity index (χ3n) is 2.07. The van der Waals surface area contributed by atoms with E-state index in [4.69, 9.17) is 16.7 Å². The van der Waals surface area contributed by atoms with Crippen LogP contribution in [0.3, 0.4) is 0 Å². The molecule has 0 saturated carbocycles. The molecule has 0 atom stereocenters. The topological polar surface area (TPSA) is 122 Å². The minimum absolute atomic E-state index is 0.785. The Morgan fingerprint density at radius 3 is 1.25 bits per heavy atom. The summed E-state index contributed by atoms with van der Waals surface area (Å²) in [4.78, 5) is 0. The van der Waals surface area contributed by atoms with Gasteiger partial charge in [-0.15, -0.1) is 0 Å². The Labute approximate surface area is 98.9 Å². The van der Waals surface area contributed by atoms with Gasteiger partial charge in [0.2, 0.25) is 0 Å². The van der Waals surface area contributed by atoms with Crippen LogP contribution >= 0.6 is 0 Å². The van der Waals surface area contributed by atoms with Crippen LogP contribution in [0.4, 0.5) is 0 Å². The quantitative estimate of drug-likeness (QED) is 0.201. The van der Waals surface area contributed by atoms with E-state index in [0.29, 0.717) is 0 Å². The molecule has 0 bridgehead atoms. The highest BCUT2D eigenvalue weighted by Crippen LogP contribution is 1.84. The molecule has 0 aliphatic rings. The van der Waals surface area contributed by atoms with Gasteiger partial charge >= 0.3 is 0 Å². The maximum absolute atomic E-state index is 6.50. The zero-order valence-corrected chi connectivity index (χ0v) is 10.3. The largest absolute Gasteiger partial charge is 0.330 e. The van der Waals surface area contributed by atoms with Crippen molar-refractivity contribution in [1.82, 2.24) is 10.6 Å². The molecule has 0 aliphatic carbocycles. The lowest BCUT2D eigenvalue weighted by molar-refractivity contribution is 0.311. The molecular weight excluding hydrogens is 206 g/mol. The van der Waals surface area contributed by atoms with Gasteiger partial charge in [0.1, 0.15) is 0 Å². The summed E-state index contributed by atoms with van der Waals surface area (Å²) < 4.78 is 0. The van der Waals surface area contributed by atoms with Crippen LogP contribution in [-0.4, -0.2) is 44.5 Å². The van der Waals surface area contributed by atoms with Crippen molar-refractivity contribution in [1.29, 1.82) is 0 Å². The van der Waals surface area contributed by atoms with E-state index in [1.165, 1.54) is 12.8 Å². The molecule has 0 aromatic heterocycles. The number of nitrogens with one attached hydrogen (secondary N) is 2. The van der Waals surface area contributed by atoms with Crippen molar-refractivity contribution >= 4 is 0 Å². The number of nitrogens with two attached hydrogens (primary N) is 3. The normalized spacial score (nSPS) is 9.75. The molecule has 0 heterocycles. The van der Waals surface area contributed by atoms with Crippen molar-refractivity contribution in [3.8, 4) is 0 Å². The highest BCUT2D eigenvalue weighted by molar-refractivity contribution is 4.52. The standard InChI is InChI=1S/C10H26N4.H3NO/c11-5-3-9-13-7-1-2-8-14-10-4-6-12;1-2/h13-14H,1-12H2;2H,1H2. The smallest absolute Gasteiger partial charge is 0.00369 e. The highest BCUT2D eigenvalue weighted by atomic mass is 16.4. The van der Waals surface area contributed by atoms with Crippen molar-refractivity contribution in [2.24, 2.45) is 17.4 Å². The molecule has 0 saturated heterocycles. The lowest BCUT2D eigenvalue weighted by atomic mass is 10.3. The van der Waals surface area contributed by atoms with Crippen LogP contribution in [0.2, 0.25) is 0 Å². The molecule has 0 amide bonds. The van der Waals surface area contributed by atoms with E-state index in [2.05, 4.69) is 16.5 Å². The number of hydrogen-bond acceptors (Lipinski definition) is 6. The Kier molecular flexibility index (Phi) is 22.9. The first kappa shape index (κ1) is 18.1. The molecule has 0 aliphatic heterocycles. The van der Waals surface area contributed by atoms with E-state index in [-0.39, 0.29) is 0 Å². The lowest BCUT2D eigenvalue weighted by Crippen LogP contribution is -2.22. The molecule has 100 valence electrons. The van der Waals surface area contributed by atoms with Crippen LogP contribution in [0.1, 0.15) is 25.7 Å². The molecule has 9 N–H and O–H groups in total. The minimum Gasteiger partial charge on any atom is -0.330 e. The molecule has 0 aromatic rings. The fourth-order valence-corrected chi connectivity index (χ4v) is 1.20. The van der Waals surface area contributed by atoms with Gasteiger partial charge in [0, 0.05) is 0 Å². The second-order valence-electron chi connectivity index (χ2n) is 3.49. The van der Waals surface area contributed by atoms with Crippen LogP contribution in [0.15, 0.2) is 0 Å². The van der Waals surface area contributed by atoms with Gasteiger partial charge in [-0.2, -0.15) is 0 Å². The molecule has 0 unspecified atom stereocenters. The van der Waals surface area contributed by atoms with Crippen molar-refractivity contribution < 1.29 is 5.21 Å². The van der Waals surface area contributed by atoms with Crippen LogP contribution < -0.4 is 28.0 Å². The summed E-state index contributed by atoms with van der Waals surface area (Å²) in [5, 5.41) is 13.2. The van der Waals surface area contributed by atoms with Crippen LogP contribution in [0.25, 0.3) is 0 Å². The van der Waals surface area contributed by atoms with Gasteiger partial charge in [-0.25, -0.2) is 5.90 Å². The summed E-state index contributed by atoms with van der Waals surface area (Å²) in [7, 11) is 0. The van der Waals surface area contributed by atoms with Gasteiger partial charge in [0.25, 0.3) is 0 Å². The summed E-state index contributed by atoms with van der Waals surface area (Å²) in [5.74, 6) is 3.50. The summed E-state index contributed by atoms with van der Waals surface area (Å²) in [6.07, 6.45) is 4.63. The monoisotopic (exact) mass is 235 g/mol. The Hall–Kier alpha value is -0.240. The number of rotatable bonds is 11. The molecule has 16 heavy (non-hydrogen) atoms. The van der Waals surface area contributed by atoms with Gasteiger partial charge < -0.3 is 27.3 Å². The zero-order chi connectivity index (χ0) is 12.5. The predicted molar refractivity (Wildman–Crippen MR) is 68.3 cm³/mol. The fraction of sp³-hybridized carbons (Fsp3) is 1.00. The van der Waals surface area contributed by atoms with Gasteiger partial charge in [-0.05, 0) is 65.0 Å². The average molecular weight is 235 g/mol. The maximum Gasteiger partial charge on any atom is -0.00369 e. The van der Waals surface area contributed by atoms with Crippen molar-refractivity contribution in [2.75, 3.05) is 39.3 Å². The Balaban J connectivity index is 0.